The van der Waals surface area contributed by atoms with Crippen molar-refractivity contribution in [3.63, 3.8) is 0 Å². The summed E-state index contributed by atoms with van der Waals surface area (Å²) >= 11 is 0. The van der Waals surface area contributed by atoms with Gasteiger partial charge in [0.1, 0.15) is 5.82 Å². The van der Waals surface area contributed by atoms with Gasteiger partial charge in [0.2, 0.25) is 5.95 Å². The van der Waals surface area contributed by atoms with Crippen LogP contribution in [-0.4, -0.2) is 45.5 Å². The zero-order valence-electron chi connectivity index (χ0n) is 11.4. The third-order valence-corrected chi connectivity index (χ3v) is 2.51. The van der Waals surface area contributed by atoms with E-state index in [4.69, 9.17) is 0 Å². The number of rotatable bonds is 6. The molecule has 102 valence electrons. The monoisotopic (exact) mass is 254 g/mol. The third kappa shape index (κ3) is 4.46. The summed E-state index contributed by atoms with van der Waals surface area (Å²) in [5.74, 6) is 1.18. The molecule has 18 heavy (non-hydrogen) atoms. The van der Waals surface area contributed by atoms with Crippen molar-refractivity contribution < 1.29 is 10.2 Å². The maximum Gasteiger partial charge on any atom is 0.224 e. The van der Waals surface area contributed by atoms with E-state index in [0.29, 0.717) is 24.9 Å². The largest absolute Gasteiger partial charge is 0.392 e. The van der Waals surface area contributed by atoms with Crippen molar-refractivity contribution in [3.8, 4) is 0 Å². The predicted molar refractivity (Wildman–Crippen MR) is 71.8 cm³/mol. The average molecular weight is 254 g/mol. The van der Waals surface area contributed by atoms with Gasteiger partial charge in [0.05, 0.1) is 12.2 Å². The van der Waals surface area contributed by atoms with Crippen molar-refractivity contribution in [1.29, 1.82) is 0 Å². The van der Waals surface area contributed by atoms with E-state index in [-0.39, 0.29) is 0 Å². The summed E-state index contributed by atoms with van der Waals surface area (Å²) in [6, 6.07) is 0. The fourth-order valence-electron chi connectivity index (χ4n) is 1.36. The molecule has 2 atom stereocenters. The maximum atomic E-state index is 9.26. The SMILES string of the molecule is Cc1nc(NCC(C)O)nc(NCC(C)O)c1C. The highest BCUT2D eigenvalue weighted by Crippen LogP contribution is 2.16. The first-order chi connectivity index (χ1) is 8.40. The molecule has 1 aromatic rings. The van der Waals surface area contributed by atoms with Crippen molar-refractivity contribution in [2.24, 2.45) is 0 Å². The zero-order chi connectivity index (χ0) is 13.7. The minimum atomic E-state index is -0.455. The fourth-order valence-corrected chi connectivity index (χ4v) is 1.36. The summed E-state index contributed by atoms with van der Waals surface area (Å²) in [6.07, 6.45) is -0.891. The van der Waals surface area contributed by atoms with E-state index >= 15 is 0 Å². The highest BCUT2D eigenvalue weighted by Gasteiger charge is 2.08. The van der Waals surface area contributed by atoms with Crippen molar-refractivity contribution in [2.45, 2.75) is 39.9 Å². The number of hydrogen-bond donors (Lipinski definition) is 4. The van der Waals surface area contributed by atoms with E-state index in [9.17, 15) is 10.2 Å². The molecule has 1 rings (SSSR count). The lowest BCUT2D eigenvalue weighted by molar-refractivity contribution is 0.208. The van der Waals surface area contributed by atoms with Crippen molar-refractivity contribution >= 4 is 11.8 Å². The molecule has 0 aliphatic heterocycles. The van der Waals surface area contributed by atoms with E-state index in [2.05, 4.69) is 20.6 Å². The van der Waals surface area contributed by atoms with Crippen LogP contribution in [0.4, 0.5) is 11.8 Å². The minimum absolute atomic E-state index is 0.401. The molecule has 4 N–H and O–H groups in total. The van der Waals surface area contributed by atoms with Crippen LogP contribution in [0.2, 0.25) is 0 Å². The Labute approximate surface area is 107 Å². The topological polar surface area (TPSA) is 90.3 Å². The molecule has 0 saturated heterocycles. The smallest absolute Gasteiger partial charge is 0.224 e. The predicted octanol–water partition coefficient (Wildman–Crippen LogP) is 0.679. The van der Waals surface area contributed by atoms with E-state index in [0.717, 1.165) is 11.3 Å². The lowest BCUT2D eigenvalue weighted by Crippen LogP contribution is -2.20. The molecule has 0 saturated carbocycles. The third-order valence-electron chi connectivity index (χ3n) is 2.51. The Balaban J connectivity index is 2.81. The summed E-state index contributed by atoms with van der Waals surface area (Å²) < 4.78 is 0. The Bertz CT molecular complexity index is 394. The second-order valence-corrected chi connectivity index (χ2v) is 4.57. The molecule has 6 heteroatoms. The standard InChI is InChI=1S/C12H22N4O2/c1-7(17)5-13-11-9(3)10(4)15-12(16-11)14-6-8(2)18/h7-8,17-18H,5-6H2,1-4H3,(H2,13,14,15,16). The molecular formula is C12H22N4O2. The minimum Gasteiger partial charge on any atom is -0.392 e. The quantitative estimate of drug-likeness (QED) is 0.597. The summed E-state index contributed by atoms with van der Waals surface area (Å²) in [6.45, 7) is 8.07. The molecule has 0 aromatic carbocycles. The summed E-state index contributed by atoms with van der Waals surface area (Å²) in [7, 11) is 0. The van der Waals surface area contributed by atoms with Gasteiger partial charge in [-0.05, 0) is 27.7 Å². The number of aliphatic hydroxyl groups is 2. The molecule has 0 spiro atoms. The number of aliphatic hydroxyl groups excluding tert-OH is 2. The van der Waals surface area contributed by atoms with E-state index in [1.165, 1.54) is 0 Å². The van der Waals surface area contributed by atoms with E-state index in [1.807, 2.05) is 13.8 Å². The Morgan fingerprint density at radius 2 is 1.56 bits per heavy atom. The van der Waals surface area contributed by atoms with Gasteiger partial charge in [-0.1, -0.05) is 0 Å². The maximum absolute atomic E-state index is 9.26. The van der Waals surface area contributed by atoms with E-state index in [1.54, 1.807) is 13.8 Å². The van der Waals surface area contributed by atoms with Crippen molar-refractivity contribution in [1.82, 2.24) is 9.97 Å². The average Bonchev–Trinajstić information content (AvgIpc) is 2.28. The molecular weight excluding hydrogens is 232 g/mol. The number of anilines is 2. The molecule has 6 nitrogen and oxygen atoms in total. The summed E-state index contributed by atoms with van der Waals surface area (Å²) in [5.41, 5.74) is 1.82. The first kappa shape index (κ1) is 14.7. The fraction of sp³-hybridized carbons (Fsp3) is 0.667. The van der Waals surface area contributed by atoms with Crippen molar-refractivity contribution in [2.75, 3.05) is 23.7 Å². The lowest BCUT2D eigenvalue weighted by Gasteiger charge is -2.14. The first-order valence-electron chi connectivity index (χ1n) is 6.09. The Morgan fingerprint density at radius 3 is 2.11 bits per heavy atom. The normalized spacial score (nSPS) is 14.1. The highest BCUT2D eigenvalue weighted by atomic mass is 16.3. The van der Waals surface area contributed by atoms with Crippen LogP contribution in [0.1, 0.15) is 25.1 Å². The molecule has 0 aliphatic carbocycles. The number of nitrogens with one attached hydrogen (secondary N) is 2. The molecule has 1 aromatic heterocycles. The van der Waals surface area contributed by atoms with Crippen LogP contribution < -0.4 is 10.6 Å². The van der Waals surface area contributed by atoms with Gasteiger partial charge in [0, 0.05) is 24.3 Å². The molecule has 0 aliphatic rings. The highest BCUT2D eigenvalue weighted by molar-refractivity contribution is 5.49. The summed E-state index contributed by atoms with van der Waals surface area (Å²) in [4.78, 5) is 8.62. The first-order valence-corrected chi connectivity index (χ1v) is 6.09. The number of nitrogens with zero attached hydrogens (tertiary/aromatic N) is 2. The molecule has 0 bridgehead atoms. The van der Waals surface area contributed by atoms with Crippen LogP contribution >= 0.6 is 0 Å². The zero-order valence-corrected chi connectivity index (χ0v) is 11.4. The number of aryl methyl sites for hydroxylation is 1. The molecule has 0 fully saturated rings. The summed E-state index contributed by atoms with van der Waals surface area (Å²) in [5, 5.41) is 24.5. The number of aromatic nitrogens is 2. The van der Waals surface area contributed by atoms with Gasteiger partial charge in [0.25, 0.3) is 0 Å². The second kappa shape index (κ2) is 6.51. The van der Waals surface area contributed by atoms with Crippen LogP contribution in [0.3, 0.4) is 0 Å². The van der Waals surface area contributed by atoms with Gasteiger partial charge in [-0.2, -0.15) is 4.98 Å². The van der Waals surface area contributed by atoms with Gasteiger partial charge in [-0.15, -0.1) is 0 Å². The van der Waals surface area contributed by atoms with E-state index < -0.39 is 12.2 Å². The molecule has 0 amide bonds. The molecule has 2 unspecified atom stereocenters. The Hall–Kier alpha value is -1.40. The van der Waals surface area contributed by atoms with Gasteiger partial charge in [-0.3, -0.25) is 0 Å². The van der Waals surface area contributed by atoms with Crippen LogP contribution in [-0.2, 0) is 0 Å². The van der Waals surface area contributed by atoms with Crippen LogP contribution in [0, 0.1) is 13.8 Å². The second-order valence-electron chi connectivity index (χ2n) is 4.57. The molecule has 1 heterocycles. The Kier molecular flexibility index (Phi) is 5.30. The van der Waals surface area contributed by atoms with Crippen molar-refractivity contribution in [3.05, 3.63) is 11.3 Å². The van der Waals surface area contributed by atoms with Crippen LogP contribution in [0.25, 0.3) is 0 Å². The van der Waals surface area contributed by atoms with Gasteiger partial charge >= 0.3 is 0 Å². The van der Waals surface area contributed by atoms with Gasteiger partial charge in [0.15, 0.2) is 0 Å². The molecule has 0 radical (unpaired) electrons. The van der Waals surface area contributed by atoms with Crippen LogP contribution in [0.15, 0.2) is 0 Å². The van der Waals surface area contributed by atoms with Gasteiger partial charge < -0.3 is 20.8 Å². The number of hydrogen-bond acceptors (Lipinski definition) is 6. The Morgan fingerprint density at radius 1 is 1.00 bits per heavy atom. The lowest BCUT2D eigenvalue weighted by atomic mass is 10.2. The van der Waals surface area contributed by atoms with Crippen LogP contribution in [0.5, 0.6) is 0 Å². The van der Waals surface area contributed by atoms with Gasteiger partial charge in [-0.25, -0.2) is 4.98 Å².